The number of hydrogen-bond donors (Lipinski definition) is 1. The van der Waals surface area contributed by atoms with E-state index < -0.39 is 8.80 Å². The summed E-state index contributed by atoms with van der Waals surface area (Å²) >= 11 is 0. The molecular formula is C17H27NO4Si. The molecule has 0 fully saturated rings. The first-order valence-corrected chi connectivity index (χ1v) is 10.3. The lowest BCUT2D eigenvalue weighted by atomic mass is 10.1. The molecule has 0 atom stereocenters. The molecule has 1 heterocycles. The van der Waals surface area contributed by atoms with Crippen molar-refractivity contribution >= 4 is 14.9 Å². The van der Waals surface area contributed by atoms with Gasteiger partial charge in [-0.15, -0.1) is 0 Å². The van der Waals surface area contributed by atoms with E-state index in [1.807, 2.05) is 39.0 Å². The predicted octanol–water partition coefficient (Wildman–Crippen LogP) is 3.75. The Morgan fingerprint density at radius 1 is 1.00 bits per heavy atom. The Kier molecular flexibility index (Phi) is 7.10. The van der Waals surface area contributed by atoms with Gasteiger partial charge in [-0.1, -0.05) is 18.2 Å². The van der Waals surface area contributed by atoms with Crippen LogP contribution in [0, 0.1) is 0 Å². The first-order chi connectivity index (χ1) is 11.2. The van der Waals surface area contributed by atoms with Crippen molar-refractivity contribution in [3.8, 4) is 5.75 Å². The van der Waals surface area contributed by atoms with Gasteiger partial charge in [0, 0.05) is 37.1 Å². The molecule has 128 valence electrons. The van der Waals surface area contributed by atoms with E-state index in [2.05, 4.69) is 17.6 Å². The normalized spacial score (nSPS) is 13.8. The summed E-state index contributed by atoms with van der Waals surface area (Å²) in [6, 6.07) is 8.79. The van der Waals surface area contributed by atoms with Crippen LogP contribution in [0.15, 0.2) is 30.0 Å². The molecule has 0 bridgehead atoms. The zero-order chi connectivity index (χ0) is 16.5. The molecule has 0 aromatic heterocycles. The van der Waals surface area contributed by atoms with Gasteiger partial charge in [0.1, 0.15) is 0 Å². The number of para-hydroxylation sites is 1. The summed E-state index contributed by atoms with van der Waals surface area (Å²) < 4.78 is 17.6. The van der Waals surface area contributed by atoms with Gasteiger partial charge in [-0.25, -0.2) is 5.48 Å². The minimum atomic E-state index is -2.55. The topological polar surface area (TPSA) is 49.0 Å². The average Bonchev–Trinajstić information content (AvgIpc) is 2.55. The summed E-state index contributed by atoms with van der Waals surface area (Å²) in [6.45, 7) is 7.79. The van der Waals surface area contributed by atoms with E-state index in [-0.39, 0.29) is 0 Å². The number of hydroxylamine groups is 1. The van der Waals surface area contributed by atoms with Crippen LogP contribution in [-0.2, 0) is 13.3 Å². The predicted molar refractivity (Wildman–Crippen MR) is 92.9 cm³/mol. The van der Waals surface area contributed by atoms with E-state index in [9.17, 15) is 0 Å². The molecule has 0 unspecified atom stereocenters. The average molecular weight is 337 g/mol. The van der Waals surface area contributed by atoms with Gasteiger partial charge in [0.2, 0.25) is 0 Å². The molecule has 1 aromatic rings. The number of benzene rings is 1. The van der Waals surface area contributed by atoms with Crippen molar-refractivity contribution in [2.45, 2.75) is 39.7 Å². The van der Waals surface area contributed by atoms with E-state index in [1.54, 1.807) is 0 Å². The number of rotatable bonds is 10. The fourth-order valence-electron chi connectivity index (χ4n) is 2.65. The van der Waals surface area contributed by atoms with Gasteiger partial charge in [0.25, 0.3) is 0 Å². The molecule has 5 nitrogen and oxygen atoms in total. The Morgan fingerprint density at radius 3 is 2.30 bits per heavy atom. The van der Waals surface area contributed by atoms with Crippen molar-refractivity contribution < 1.29 is 18.1 Å². The SMILES string of the molecule is CCO[Si](CCCC1=Cc2ccccc2ON1)(OCC)OCC. The maximum absolute atomic E-state index is 5.88. The standard InChI is InChI=1S/C17H27NO4Si/c1-4-19-23(20-5-2,21-6-3)13-9-11-16-14-15-10-7-8-12-17(15)22-18-16/h7-8,10,12,14,18H,4-6,9,11,13H2,1-3H3. The van der Waals surface area contributed by atoms with Crippen LogP contribution in [0.1, 0.15) is 39.2 Å². The number of fused-ring (bicyclic) bond motifs is 1. The van der Waals surface area contributed by atoms with Crippen molar-refractivity contribution in [3.05, 3.63) is 35.5 Å². The quantitative estimate of drug-likeness (QED) is 0.659. The van der Waals surface area contributed by atoms with Crippen LogP contribution in [0.25, 0.3) is 6.08 Å². The van der Waals surface area contributed by atoms with E-state index in [1.165, 1.54) is 0 Å². The molecule has 1 aliphatic rings. The summed E-state index contributed by atoms with van der Waals surface area (Å²) in [5.74, 6) is 0.859. The molecule has 1 aromatic carbocycles. The van der Waals surface area contributed by atoms with Gasteiger partial charge in [0.15, 0.2) is 5.75 Å². The molecular weight excluding hydrogens is 310 g/mol. The maximum atomic E-state index is 5.88. The lowest BCUT2D eigenvalue weighted by molar-refractivity contribution is 0.0707. The summed E-state index contributed by atoms with van der Waals surface area (Å²) in [5.41, 5.74) is 5.18. The van der Waals surface area contributed by atoms with E-state index in [4.69, 9.17) is 18.1 Å². The van der Waals surface area contributed by atoms with Crippen LogP contribution in [0.3, 0.4) is 0 Å². The van der Waals surface area contributed by atoms with Gasteiger partial charge in [0.05, 0.1) is 0 Å². The van der Waals surface area contributed by atoms with Crippen LogP contribution in [0.4, 0.5) is 0 Å². The Hall–Kier alpha value is -1.34. The second kappa shape index (κ2) is 9.07. The smallest absolute Gasteiger partial charge is 0.382 e. The lowest BCUT2D eigenvalue weighted by Crippen LogP contribution is -2.46. The maximum Gasteiger partial charge on any atom is 0.500 e. The first kappa shape index (κ1) is 18.0. The summed E-state index contributed by atoms with van der Waals surface area (Å²) in [7, 11) is -2.55. The minimum absolute atomic E-state index is 0.615. The van der Waals surface area contributed by atoms with Crippen LogP contribution in [0.5, 0.6) is 5.75 Å². The van der Waals surface area contributed by atoms with Crippen molar-refractivity contribution in [2.24, 2.45) is 0 Å². The lowest BCUT2D eigenvalue weighted by Gasteiger charge is -2.28. The number of hydrogen-bond acceptors (Lipinski definition) is 5. The Morgan fingerprint density at radius 2 is 1.65 bits per heavy atom. The van der Waals surface area contributed by atoms with Gasteiger partial charge >= 0.3 is 8.80 Å². The molecule has 0 radical (unpaired) electrons. The summed E-state index contributed by atoms with van der Waals surface area (Å²) in [6.07, 6.45) is 3.93. The molecule has 2 rings (SSSR count). The van der Waals surface area contributed by atoms with Gasteiger partial charge in [-0.2, -0.15) is 0 Å². The van der Waals surface area contributed by atoms with E-state index in [0.29, 0.717) is 19.8 Å². The molecule has 0 spiro atoms. The largest absolute Gasteiger partial charge is 0.500 e. The van der Waals surface area contributed by atoms with E-state index in [0.717, 1.165) is 35.9 Å². The molecule has 23 heavy (non-hydrogen) atoms. The zero-order valence-electron chi connectivity index (χ0n) is 14.3. The zero-order valence-corrected chi connectivity index (χ0v) is 15.3. The molecule has 0 saturated heterocycles. The Bertz CT molecular complexity index is 504. The fraction of sp³-hybridized carbons (Fsp3) is 0.529. The molecule has 0 aliphatic carbocycles. The van der Waals surface area contributed by atoms with Crippen molar-refractivity contribution in [3.63, 3.8) is 0 Å². The van der Waals surface area contributed by atoms with Crippen molar-refractivity contribution in [2.75, 3.05) is 19.8 Å². The Balaban J connectivity index is 1.93. The highest BCUT2D eigenvalue weighted by atomic mass is 28.4. The monoisotopic (exact) mass is 337 g/mol. The molecule has 1 N–H and O–H groups in total. The van der Waals surface area contributed by atoms with E-state index >= 15 is 0 Å². The second-order valence-corrected chi connectivity index (χ2v) is 7.98. The van der Waals surface area contributed by atoms with Crippen LogP contribution in [0.2, 0.25) is 6.04 Å². The van der Waals surface area contributed by atoms with Crippen LogP contribution >= 0.6 is 0 Å². The Labute approximate surface area is 139 Å². The third-order valence-corrected chi connectivity index (χ3v) is 6.71. The molecule has 6 heteroatoms. The van der Waals surface area contributed by atoms with Gasteiger partial charge in [-0.3, -0.25) is 0 Å². The summed E-state index contributed by atoms with van der Waals surface area (Å²) in [5, 5.41) is 0. The molecule has 0 saturated carbocycles. The number of nitrogens with one attached hydrogen (secondary N) is 1. The van der Waals surface area contributed by atoms with Crippen LogP contribution in [-0.4, -0.2) is 28.6 Å². The molecule has 1 aliphatic heterocycles. The fourth-order valence-corrected chi connectivity index (χ4v) is 5.26. The van der Waals surface area contributed by atoms with Crippen molar-refractivity contribution in [1.29, 1.82) is 0 Å². The minimum Gasteiger partial charge on any atom is -0.382 e. The highest BCUT2D eigenvalue weighted by Gasteiger charge is 2.39. The van der Waals surface area contributed by atoms with Gasteiger partial charge < -0.3 is 18.1 Å². The van der Waals surface area contributed by atoms with Crippen molar-refractivity contribution in [1.82, 2.24) is 5.48 Å². The van der Waals surface area contributed by atoms with Crippen LogP contribution < -0.4 is 10.3 Å². The third kappa shape index (κ3) is 5.07. The summed E-state index contributed by atoms with van der Waals surface area (Å²) in [4.78, 5) is 5.56. The highest BCUT2D eigenvalue weighted by molar-refractivity contribution is 6.60. The number of allylic oxidation sites excluding steroid dienone is 1. The first-order valence-electron chi connectivity index (χ1n) is 8.37. The van der Waals surface area contributed by atoms with Gasteiger partial charge in [-0.05, 0) is 45.8 Å². The highest BCUT2D eigenvalue weighted by Crippen LogP contribution is 2.26. The third-order valence-electron chi connectivity index (χ3n) is 3.56. The molecule has 0 amide bonds. The second-order valence-electron chi connectivity index (χ2n) is 5.25.